The molecule has 3 nitrogen and oxygen atoms in total. The second-order valence-electron chi connectivity index (χ2n) is 3.56. The van der Waals surface area contributed by atoms with Crippen LogP contribution in [0.2, 0.25) is 0 Å². The summed E-state index contributed by atoms with van der Waals surface area (Å²) in [5, 5.41) is 9.39. The Morgan fingerprint density at radius 3 is 2.54 bits per heavy atom. The van der Waals surface area contributed by atoms with Crippen LogP contribution >= 0.6 is 0 Å². The van der Waals surface area contributed by atoms with Gasteiger partial charge in [-0.1, -0.05) is 0 Å². The molecular weight excluding hydrogens is 171 g/mol. The minimum Gasteiger partial charge on any atom is -0.505 e. The molecule has 0 spiro atoms. The van der Waals surface area contributed by atoms with E-state index in [1.165, 1.54) is 6.07 Å². The molecule has 1 saturated carbocycles. The lowest BCUT2D eigenvalue weighted by Crippen LogP contribution is -2.19. The van der Waals surface area contributed by atoms with Gasteiger partial charge in [0.15, 0.2) is 11.6 Å². The van der Waals surface area contributed by atoms with Gasteiger partial charge in [-0.05, 0) is 18.9 Å². The maximum absolute atomic E-state index is 13.0. The standard InChI is InChI=1S/C9H11FN2O/c10-7-4-5(11)3-6(8(7)13)9(12)1-2-9/h3-4,13H,1-2,11-12H2. The summed E-state index contributed by atoms with van der Waals surface area (Å²) in [5.74, 6) is -1.07. The molecule has 0 bridgehead atoms. The zero-order valence-electron chi connectivity index (χ0n) is 7.05. The smallest absolute Gasteiger partial charge is 0.167 e. The van der Waals surface area contributed by atoms with Crippen molar-refractivity contribution < 1.29 is 9.50 Å². The molecule has 0 radical (unpaired) electrons. The molecule has 0 aromatic heterocycles. The van der Waals surface area contributed by atoms with Crippen LogP contribution in [0.4, 0.5) is 10.1 Å². The molecule has 0 atom stereocenters. The highest BCUT2D eigenvalue weighted by molar-refractivity contribution is 5.52. The third-order valence-corrected chi connectivity index (χ3v) is 2.41. The lowest BCUT2D eigenvalue weighted by atomic mass is 10.0. The molecule has 0 heterocycles. The molecule has 0 amide bonds. The van der Waals surface area contributed by atoms with Crippen molar-refractivity contribution in [3.8, 4) is 5.75 Å². The molecule has 0 aliphatic heterocycles. The first-order valence-electron chi connectivity index (χ1n) is 4.10. The van der Waals surface area contributed by atoms with Gasteiger partial charge in [0.25, 0.3) is 0 Å². The summed E-state index contributed by atoms with van der Waals surface area (Å²) >= 11 is 0. The number of nitrogens with two attached hydrogens (primary N) is 2. The van der Waals surface area contributed by atoms with Crippen molar-refractivity contribution in [2.75, 3.05) is 5.73 Å². The predicted molar refractivity (Wildman–Crippen MR) is 47.6 cm³/mol. The molecule has 0 saturated heterocycles. The number of aromatic hydroxyl groups is 1. The maximum Gasteiger partial charge on any atom is 0.167 e. The number of rotatable bonds is 1. The molecule has 5 N–H and O–H groups in total. The molecule has 13 heavy (non-hydrogen) atoms. The van der Waals surface area contributed by atoms with Crippen molar-refractivity contribution in [2.45, 2.75) is 18.4 Å². The average Bonchev–Trinajstić information content (AvgIpc) is 2.77. The number of nitrogen functional groups attached to an aromatic ring is 1. The first-order valence-corrected chi connectivity index (χ1v) is 4.10. The Morgan fingerprint density at radius 2 is 2.00 bits per heavy atom. The normalized spacial score (nSPS) is 18.6. The summed E-state index contributed by atoms with van der Waals surface area (Å²) in [7, 11) is 0. The first-order chi connectivity index (χ1) is 6.03. The summed E-state index contributed by atoms with van der Waals surface area (Å²) in [6.07, 6.45) is 1.53. The fourth-order valence-corrected chi connectivity index (χ4v) is 1.40. The SMILES string of the molecule is Nc1cc(F)c(O)c(C2(N)CC2)c1. The molecule has 1 aromatic carbocycles. The van der Waals surface area contributed by atoms with Gasteiger partial charge in [-0.15, -0.1) is 0 Å². The average molecular weight is 182 g/mol. The molecular formula is C9H11FN2O. The zero-order valence-corrected chi connectivity index (χ0v) is 7.05. The van der Waals surface area contributed by atoms with Gasteiger partial charge in [-0.2, -0.15) is 0 Å². The van der Waals surface area contributed by atoms with Crippen LogP contribution in [0.25, 0.3) is 0 Å². The van der Waals surface area contributed by atoms with E-state index in [0.717, 1.165) is 18.9 Å². The second kappa shape index (κ2) is 2.35. The lowest BCUT2D eigenvalue weighted by molar-refractivity contribution is 0.419. The van der Waals surface area contributed by atoms with E-state index in [1.807, 2.05) is 0 Å². The van der Waals surface area contributed by atoms with Gasteiger partial charge in [0, 0.05) is 22.9 Å². The number of hydrogen-bond donors (Lipinski definition) is 3. The van der Waals surface area contributed by atoms with Crippen molar-refractivity contribution in [1.82, 2.24) is 0 Å². The van der Waals surface area contributed by atoms with Crippen molar-refractivity contribution in [1.29, 1.82) is 0 Å². The molecule has 1 fully saturated rings. The summed E-state index contributed by atoms with van der Waals surface area (Å²) in [5.41, 5.74) is 11.4. The molecule has 2 rings (SSSR count). The van der Waals surface area contributed by atoms with E-state index in [1.54, 1.807) is 0 Å². The van der Waals surface area contributed by atoms with E-state index in [9.17, 15) is 9.50 Å². The lowest BCUT2D eigenvalue weighted by Gasteiger charge is -2.12. The van der Waals surface area contributed by atoms with Crippen LogP contribution in [0.1, 0.15) is 18.4 Å². The van der Waals surface area contributed by atoms with Crippen molar-refractivity contribution in [2.24, 2.45) is 5.73 Å². The third-order valence-electron chi connectivity index (χ3n) is 2.41. The number of hydrogen-bond acceptors (Lipinski definition) is 3. The van der Waals surface area contributed by atoms with Gasteiger partial charge in [0.2, 0.25) is 0 Å². The summed E-state index contributed by atoms with van der Waals surface area (Å²) in [4.78, 5) is 0. The van der Waals surface area contributed by atoms with Gasteiger partial charge in [-0.25, -0.2) is 4.39 Å². The number of benzene rings is 1. The highest BCUT2D eigenvalue weighted by Gasteiger charge is 2.42. The monoisotopic (exact) mass is 182 g/mol. The van der Waals surface area contributed by atoms with Crippen molar-refractivity contribution >= 4 is 5.69 Å². The van der Waals surface area contributed by atoms with Crippen LogP contribution in [0.3, 0.4) is 0 Å². The van der Waals surface area contributed by atoms with E-state index in [0.29, 0.717) is 11.3 Å². The van der Waals surface area contributed by atoms with Crippen LogP contribution in [-0.4, -0.2) is 5.11 Å². The molecule has 1 aliphatic carbocycles. The Hall–Kier alpha value is -1.29. The van der Waals surface area contributed by atoms with Crippen LogP contribution < -0.4 is 11.5 Å². The predicted octanol–water partition coefficient (Wildman–Crippen LogP) is 1.06. The maximum atomic E-state index is 13.0. The number of phenols is 1. The second-order valence-corrected chi connectivity index (χ2v) is 3.56. The largest absolute Gasteiger partial charge is 0.505 e. The Bertz CT molecular complexity index is 361. The number of anilines is 1. The first kappa shape index (κ1) is 8.31. The molecule has 4 heteroatoms. The summed E-state index contributed by atoms with van der Waals surface area (Å²) in [6.45, 7) is 0. The van der Waals surface area contributed by atoms with Gasteiger partial charge < -0.3 is 16.6 Å². The molecule has 70 valence electrons. The van der Waals surface area contributed by atoms with E-state index >= 15 is 0 Å². The third kappa shape index (κ3) is 1.23. The van der Waals surface area contributed by atoms with Crippen LogP contribution in [0.15, 0.2) is 12.1 Å². The van der Waals surface area contributed by atoms with Crippen molar-refractivity contribution in [3.63, 3.8) is 0 Å². The van der Waals surface area contributed by atoms with Crippen LogP contribution in [-0.2, 0) is 5.54 Å². The minimum atomic E-state index is -0.702. The van der Waals surface area contributed by atoms with Gasteiger partial charge in [0.1, 0.15) is 0 Å². The van der Waals surface area contributed by atoms with E-state index < -0.39 is 11.4 Å². The highest BCUT2D eigenvalue weighted by Crippen LogP contribution is 2.47. The van der Waals surface area contributed by atoms with Gasteiger partial charge in [0.05, 0.1) is 0 Å². The zero-order chi connectivity index (χ0) is 9.64. The quantitative estimate of drug-likeness (QED) is 0.449. The van der Waals surface area contributed by atoms with E-state index in [4.69, 9.17) is 11.5 Å². The molecule has 1 aromatic rings. The van der Waals surface area contributed by atoms with Crippen LogP contribution in [0, 0.1) is 5.82 Å². The number of halogens is 1. The van der Waals surface area contributed by atoms with Crippen LogP contribution in [0.5, 0.6) is 5.75 Å². The number of phenolic OH excluding ortho intramolecular Hbond substituents is 1. The summed E-state index contributed by atoms with van der Waals surface area (Å²) < 4.78 is 13.0. The van der Waals surface area contributed by atoms with E-state index in [2.05, 4.69) is 0 Å². The molecule has 0 unspecified atom stereocenters. The van der Waals surface area contributed by atoms with Gasteiger partial charge in [-0.3, -0.25) is 0 Å². The topological polar surface area (TPSA) is 72.3 Å². The highest BCUT2D eigenvalue weighted by atomic mass is 19.1. The summed E-state index contributed by atoms with van der Waals surface area (Å²) in [6, 6.07) is 2.62. The fourth-order valence-electron chi connectivity index (χ4n) is 1.40. The Kier molecular flexibility index (Phi) is 1.51. The fraction of sp³-hybridized carbons (Fsp3) is 0.333. The van der Waals surface area contributed by atoms with Crippen molar-refractivity contribution in [3.05, 3.63) is 23.5 Å². The van der Waals surface area contributed by atoms with E-state index in [-0.39, 0.29) is 5.75 Å². The Balaban J connectivity index is 2.56. The Morgan fingerprint density at radius 1 is 1.38 bits per heavy atom. The molecule has 1 aliphatic rings. The van der Waals surface area contributed by atoms with Gasteiger partial charge >= 0.3 is 0 Å². The Labute approximate surface area is 75.2 Å². The minimum absolute atomic E-state index is 0.294.